The van der Waals surface area contributed by atoms with Crippen LogP contribution in [0.5, 0.6) is 5.75 Å². The van der Waals surface area contributed by atoms with E-state index in [0.29, 0.717) is 17.9 Å². The number of hydrogen-bond donors (Lipinski definition) is 2. The average Bonchev–Trinajstić information content (AvgIpc) is 3.06. The molecule has 1 aromatic carbocycles. The minimum absolute atomic E-state index is 0.0462. The molecule has 0 radical (unpaired) electrons. The van der Waals surface area contributed by atoms with E-state index in [1.807, 2.05) is 29.6 Å². The third-order valence-electron chi connectivity index (χ3n) is 3.52. The van der Waals surface area contributed by atoms with Crippen LogP contribution in [0.3, 0.4) is 0 Å². The topological polar surface area (TPSA) is 50.4 Å². The quantitative estimate of drug-likeness (QED) is 0.909. The van der Waals surface area contributed by atoms with Crippen molar-refractivity contribution in [2.24, 2.45) is 0 Å². The lowest BCUT2D eigenvalue weighted by Gasteiger charge is -2.22. The van der Waals surface area contributed by atoms with Crippen molar-refractivity contribution >= 4 is 22.9 Å². The van der Waals surface area contributed by atoms with Gasteiger partial charge in [-0.1, -0.05) is 19.1 Å². The van der Waals surface area contributed by atoms with Crippen LogP contribution in [0.15, 0.2) is 35.7 Å². The van der Waals surface area contributed by atoms with Crippen LogP contribution in [0, 0.1) is 0 Å². The van der Waals surface area contributed by atoms with Crippen LogP contribution < -0.4 is 15.4 Å². The number of anilines is 1. The molecule has 1 atom stereocenters. The van der Waals surface area contributed by atoms with Crippen molar-refractivity contribution in [3.05, 3.63) is 46.2 Å². The van der Waals surface area contributed by atoms with Gasteiger partial charge in [-0.3, -0.25) is 4.79 Å². The van der Waals surface area contributed by atoms with E-state index in [4.69, 9.17) is 4.74 Å². The van der Waals surface area contributed by atoms with Crippen LogP contribution in [0.1, 0.15) is 34.6 Å². The number of carbonyl (C=O) groups excluding carboxylic acids is 1. The van der Waals surface area contributed by atoms with Gasteiger partial charge in [0.15, 0.2) is 5.75 Å². The van der Waals surface area contributed by atoms with Gasteiger partial charge in [0, 0.05) is 11.4 Å². The van der Waals surface area contributed by atoms with E-state index in [1.165, 1.54) is 4.88 Å². The summed E-state index contributed by atoms with van der Waals surface area (Å²) in [5.74, 6) is 0.568. The third kappa shape index (κ3) is 2.88. The molecule has 2 N–H and O–H groups in total. The average molecular weight is 302 g/mol. The molecule has 21 heavy (non-hydrogen) atoms. The lowest BCUT2D eigenvalue weighted by molar-refractivity contribution is 0.0932. The predicted molar refractivity (Wildman–Crippen MR) is 85.2 cm³/mol. The molecular formula is C16H18N2O2S. The van der Waals surface area contributed by atoms with Gasteiger partial charge >= 0.3 is 0 Å². The molecule has 0 saturated carbocycles. The number of nitrogens with one attached hydrogen (secondary N) is 2. The highest BCUT2D eigenvalue weighted by Crippen LogP contribution is 2.32. The summed E-state index contributed by atoms with van der Waals surface area (Å²) in [7, 11) is 0. The lowest BCUT2D eigenvalue weighted by atomic mass is 10.1. The molecule has 1 unspecified atom stereocenters. The van der Waals surface area contributed by atoms with Gasteiger partial charge in [0.25, 0.3) is 5.91 Å². The van der Waals surface area contributed by atoms with Crippen molar-refractivity contribution in [2.75, 3.05) is 18.5 Å². The van der Waals surface area contributed by atoms with E-state index in [2.05, 4.69) is 23.6 Å². The molecule has 1 amide bonds. The Bertz CT molecular complexity index is 625. The van der Waals surface area contributed by atoms with Crippen molar-refractivity contribution in [1.29, 1.82) is 0 Å². The highest BCUT2D eigenvalue weighted by molar-refractivity contribution is 7.10. The first-order chi connectivity index (χ1) is 10.3. The number of ether oxygens (including phenoxy) is 1. The monoisotopic (exact) mass is 302 g/mol. The molecule has 2 heterocycles. The van der Waals surface area contributed by atoms with E-state index in [0.717, 1.165) is 18.7 Å². The van der Waals surface area contributed by atoms with Gasteiger partial charge in [0.05, 0.1) is 17.3 Å². The van der Waals surface area contributed by atoms with Gasteiger partial charge in [-0.05, 0) is 30.0 Å². The van der Waals surface area contributed by atoms with Gasteiger partial charge in [-0.15, -0.1) is 11.3 Å². The Kier molecular flexibility index (Phi) is 4.10. The predicted octanol–water partition coefficient (Wildman–Crippen LogP) is 3.43. The summed E-state index contributed by atoms with van der Waals surface area (Å²) < 4.78 is 5.66. The fourth-order valence-corrected chi connectivity index (χ4v) is 3.31. The van der Waals surface area contributed by atoms with Crippen LogP contribution in [0.2, 0.25) is 0 Å². The number of amides is 1. The van der Waals surface area contributed by atoms with Gasteiger partial charge in [0.1, 0.15) is 6.61 Å². The first-order valence-electron chi connectivity index (χ1n) is 7.13. The number of benzene rings is 1. The summed E-state index contributed by atoms with van der Waals surface area (Å²) in [4.78, 5) is 13.7. The molecule has 5 heteroatoms. The molecule has 2 aromatic rings. The number of carbonyl (C=O) groups is 1. The second-order valence-electron chi connectivity index (χ2n) is 4.91. The van der Waals surface area contributed by atoms with Crippen LogP contribution in [0.4, 0.5) is 5.69 Å². The summed E-state index contributed by atoms with van der Waals surface area (Å²) in [6, 6.07) is 9.72. The number of rotatable bonds is 4. The first kappa shape index (κ1) is 13.9. The zero-order valence-corrected chi connectivity index (χ0v) is 12.7. The van der Waals surface area contributed by atoms with Crippen molar-refractivity contribution in [1.82, 2.24) is 5.32 Å². The van der Waals surface area contributed by atoms with Crippen LogP contribution in [0.25, 0.3) is 0 Å². The van der Waals surface area contributed by atoms with E-state index >= 15 is 0 Å². The molecule has 3 rings (SSSR count). The highest BCUT2D eigenvalue weighted by atomic mass is 32.1. The van der Waals surface area contributed by atoms with Crippen molar-refractivity contribution in [2.45, 2.75) is 19.4 Å². The number of hydrogen-bond acceptors (Lipinski definition) is 4. The minimum Gasteiger partial charge on any atom is -0.489 e. The zero-order chi connectivity index (χ0) is 14.7. The Morgan fingerprint density at radius 2 is 2.33 bits per heavy atom. The van der Waals surface area contributed by atoms with Gasteiger partial charge in [-0.2, -0.15) is 0 Å². The van der Waals surface area contributed by atoms with E-state index in [-0.39, 0.29) is 11.9 Å². The molecule has 0 fully saturated rings. The summed E-state index contributed by atoms with van der Waals surface area (Å²) in [5.41, 5.74) is 1.48. The molecule has 1 aromatic heterocycles. The molecule has 110 valence electrons. The summed E-state index contributed by atoms with van der Waals surface area (Å²) in [5, 5.41) is 8.38. The molecule has 4 nitrogen and oxygen atoms in total. The molecule has 0 bridgehead atoms. The minimum atomic E-state index is -0.0872. The standard InChI is InChI=1S/C16H18N2O2S/c1-2-12(14-7-4-10-21-14)18-16(19)11-5-3-6-13-15(11)20-9-8-17-13/h3-7,10,12,17H,2,8-9H2,1H3,(H,18,19). The fraction of sp³-hybridized carbons (Fsp3) is 0.312. The maximum absolute atomic E-state index is 12.6. The first-order valence-corrected chi connectivity index (χ1v) is 8.01. The Balaban J connectivity index is 1.82. The normalized spacial score (nSPS) is 14.5. The molecule has 0 saturated heterocycles. The summed E-state index contributed by atoms with van der Waals surface area (Å²) in [6.07, 6.45) is 0.861. The van der Waals surface area contributed by atoms with Crippen molar-refractivity contribution in [3.8, 4) is 5.75 Å². The molecule has 1 aliphatic rings. The van der Waals surface area contributed by atoms with Crippen molar-refractivity contribution in [3.63, 3.8) is 0 Å². The van der Waals surface area contributed by atoms with Gasteiger partial charge in [-0.25, -0.2) is 0 Å². The van der Waals surface area contributed by atoms with Gasteiger partial charge in [0.2, 0.25) is 0 Å². The second-order valence-corrected chi connectivity index (χ2v) is 5.89. The molecule has 0 spiro atoms. The third-order valence-corrected chi connectivity index (χ3v) is 4.51. The Hall–Kier alpha value is -2.01. The van der Waals surface area contributed by atoms with E-state index < -0.39 is 0 Å². The Morgan fingerprint density at radius 1 is 1.43 bits per heavy atom. The Labute approximate surface area is 128 Å². The molecule has 1 aliphatic heterocycles. The van der Waals surface area contributed by atoms with Crippen LogP contribution >= 0.6 is 11.3 Å². The fourth-order valence-electron chi connectivity index (χ4n) is 2.45. The van der Waals surface area contributed by atoms with Crippen LogP contribution in [-0.2, 0) is 0 Å². The largest absolute Gasteiger partial charge is 0.489 e. The van der Waals surface area contributed by atoms with E-state index in [1.54, 1.807) is 11.3 Å². The van der Waals surface area contributed by atoms with E-state index in [9.17, 15) is 4.79 Å². The Morgan fingerprint density at radius 3 is 3.10 bits per heavy atom. The summed E-state index contributed by atoms with van der Waals surface area (Å²) >= 11 is 1.66. The smallest absolute Gasteiger partial charge is 0.255 e. The second kappa shape index (κ2) is 6.18. The molecule has 0 aliphatic carbocycles. The summed E-state index contributed by atoms with van der Waals surface area (Å²) in [6.45, 7) is 3.42. The number of thiophene rings is 1. The maximum atomic E-state index is 12.6. The van der Waals surface area contributed by atoms with Gasteiger partial charge < -0.3 is 15.4 Å². The number of fused-ring (bicyclic) bond motifs is 1. The van der Waals surface area contributed by atoms with Crippen molar-refractivity contribution < 1.29 is 9.53 Å². The zero-order valence-electron chi connectivity index (χ0n) is 11.9. The number of para-hydroxylation sites is 1. The lowest BCUT2D eigenvalue weighted by Crippen LogP contribution is -2.29. The maximum Gasteiger partial charge on any atom is 0.255 e. The highest BCUT2D eigenvalue weighted by Gasteiger charge is 2.21. The molecular weight excluding hydrogens is 284 g/mol. The van der Waals surface area contributed by atoms with Crippen LogP contribution in [-0.4, -0.2) is 19.1 Å². The SMILES string of the molecule is CCC(NC(=O)c1cccc2c1OCCN2)c1cccs1.